The van der Waals surface area contributed by atoms with Gasteiger partial charge >= 0.3 is 0 Å². The first-order valence-corrected chi connectivity index (χ1v) is 12.5. The van der Waals surface area contributed by atoms with Crippen molar-refractivity contribution in [3.05, 3.63) is 99.9 Å². The van der Waals surface area contributed by atoms with Gasteiger partial charge in [-0.1, -0.05) is 23.7 Å². The van der Waals surface area contributed by atoms with E-state index >= 15 is 0 Å². The second kappa shape index (κ2) is 10.6. The number of aromatic nitrogens is 2. The number of H-pyrrole nitrogens is 1. The maximum absolute atomic E-state index is 12.6. The lowest BCUT2D eigenvalue weighted by Crippen LogP contribution is -2.20. The number of halogens is 1. The molecule has 0 radical (unpaired) electrons. The average Bonchev–Trinajstić information content (AvgIpc) is 2.84. The van der Waals surface area contributed by atoms with Crippen molar-refractivity contribution in [2.75, 3.05) is 16.6 Å². The Hall–Kier alpha value is -4.15. The Balaban J connectivity index is 1.35. The number of anilines is 2. The molecule has 9 nitrogen and oxygen atoms in total. The van der Waals surface area contributed by atoms with Crippen LogP contribution in [0.4, 0.5) is 11.4 Å². The summed E-state index contributed by atoms with van der Waals surface area (Å²) in [4.78, 5) is 31.1. The number of aryl methyl sites for hydroxylation is 1. The normalized spacial score (nSPS) is 11.1. The lowest BCUT2D eigenvalue weighted by molar-refractivity contribution is -0.118. The summed E-state index contributed by atoms with van der Waals surface area (Å²) in [6.45, 7) is 1.43. The second-order valence-corrected chi connectivity index (χ2v) is 9.86. The zero-order valence-corrected chi connectivity index (χ0v) is 20.6. The van der Waals surface area contributed by atoms with Crippen LogP contribution in [0.5, 0.6) is 5.75 Å². The van der Waals surface area contributed by atoms with E-state index in [9.17, 15) is 18.0 Å². The standard InChI is InChI=1S/C25H21ClN4O5S/c1-16-13-23(31)29-25(27-16)17-3-2-4-20(14-17)28-24(32)15-35-21-9-11-22(12-10-21)36(33,34)30-19-7-5-18(26)6-8-19/h2-14,30H,15H2,1H3,(H,28,32)(H,27,29,31). The van der Waals surface area contributed by atoms with Gasteiger partial charge in [0.2, 0.25) is 0 Å². The number of hydrogen-bond acceptors (Lipinski definition) is 6. The van der Waals surface area contributed by atoms with E-state index in [-0.39, 0.29) is 17.1 Å². The smallest absolute Gasteiger partial charge is 0.262 e. The van der Waals surface area contributed by atoms with E-state index in [4.69, 9.17) is 16.3 Å². The number of carbonyl (C=O) groups excluding carboxylic acids is 1. The Morgan fingerprint density at radius 2 is 1.72 bits per heavy atom. The molecule has 4 rings (SSSR count). The predicted octanol–water partition coefficient (Wildman–Crippen LogP) is 4.22. The van der Waals surface area contributed by atoms with E-state index in [2.05, 4.69) is 20.0 Å². The Morgan fingerprint density at radius 3 is 2.42 bits per heavy atom. The summed E-state index contributed by atoms with van der Waals surface area (Å²) in [5.74, 6) is 0.303. The first-order chi connectivity index (χ1) is 17.2. The molecule has 0 saturated carbocycles. The van der Waals surface area contributed by atoms with E-state index < -0.39 is 15.9 Å². The number of aromatic amines is 1. The fraction of sp³-hybridized carbons (Fsp3) is 0.0800. The number of nitrogens with one attached hydrogen (secondary N) is 3. The number of nitrogens with zero attached hydrogens (tertiary/aromatic N) is 1. The van der Waals surface area contributed by atoms with Crippen LogP contribution in [0.1, 0.15) is 5.69 Å². The van der Waals surface area contributed by atoms with Crippen molar-refractivity contribution in [3.63, 3.8) is 0 Å². The molecule has 3 N–H and O–H groups in total. The van der Waals surface area contributed by atoms with Gasteiger partial charge in [-0.15, -0.1) is 0 Å². The van der Waals surface area contributed by atoms with Crippen molar-refractivity contribution in [1.29, 1.82) is 0 Å². The van der Waals surface area contributed by atoms with Crippen LogP contribution < -0.4 is 20.3 Å². The lowest BCUT2D eigenvalue weighted by Gasteiger charge is -2.11. The van der Waals surface area contributed by atoms with Gasteiger partial charge in [0.15, 0.2) is 6.61 Å². The lowest BCUT2D eigenvalue weighted by atomic mass is 10.2. The van der Waals surface area contributed by atoms with Crippen LogP contribution in [0.25, 0.3) is 11.4 Å². The maximum Gasteiger partial charge on any atom is 0.262 e. The van der Waals surface area contributed by atoms with Gasteiger partial charge in [-0.2, -0.15) is 0 Å². The van der Waals surface area contributed by atoms with Crippen LogP contribution in [-0.4, -0.2) is 30.9 Å². The fourth-order valence-electron chi connectivity index (χ4n) is 3.25. The van der Waals surface area contributed by atoms with Gasteiger partial charge in [-0.3, -0.25) is 14.3 Å². The number of rotatable bonds is 8. The van der Waals surface area contributed by atoms with Crippen LogP contribution in [-0.2, 0) is 14.8 Å². The van der Waals surface area contributed by atoms with Gasteiger partial charge in [-0.25, -0.2) is 13.4 Å². The Kier molecular flexibility index (Phi) is 7.37. The van der Waals surface area contributed by atoms with E-state index in [0.717, 1.165) is 0 Å². The van der Waals surface area contributed by atoms with Gasteiger partial charge in [0.05, 0.1) is 4.90 Å². The quantitative estimate of drug-likeness (QED) is 0.316. The molecule has 0 saturated heterocycles. The minimum atomic E-state index is -3.80. The van der Waals surface area contributed by atoms with Crippen molar-refractivity contribution in [2.24, 2.45) is 0 Å². The molecule has 0 fully saturated rings. The van der Waals surface area contributed by atoms with E-state index in [1.165, 1.54) is 30.3 Å². The van der Waals surface area contributed by atoms with Crippen molar-refractivity contribution < 1.29 is 17.9 Å². The molecule has 0 unspecified atom stereocenters. The Morgan fingerprint density at radius 1 is 1.00 bits per heavy atom. The summed E-state index contributed by atoms with van der Waals surface area (Å²) in [5.41, 5.74) is 1.83. The molecule has 11 heteroatoms. The third-order valence-electron chi connectivity index (χ3n) is 4.89. The van der Waals surface area contributed by atoms with Gasteiger partial charge < -0.3 is 15.0 Å². The van der Waals surface area contributed by atoms with Crippen LogP contribution in [0.15, 0.2) is 88.6 Å². The van der Waals surface area contributed by atoms with Gasteiger partial charge in [0, 0.05) is 33.7 Å². The van der Waals surface area contributed by atoms with Gasteiger partial charge in [0.25, 0.3) is 21.5 Å². The van der Waals surface area contributed by atoms with Gasteiger partial charge in [-0.05, 0) is 67.6 Å². The number of carbonyl (C=O) groups is 1. The van der Waals surface area contributed by atoms with E-state index in [1.54, 1.807) is 55.5 Å². The molecule has 1 amide bonds. The zero-order chi connectivity index (χ0) is 25.7. The highest BCUT2D eigenvalue weighted by molar-refractivity contribution is 7.92. The molecule has 0 atom stereocenters. The first kappa shape index (κ1) is 25.0. The van der Waals surface area contributed by atoms with Crippen molar-refractivity contribution in [1.82, 2.24) is 9.97 Å². The monoisotopic (exact) mass is 524 g/mol. The van der Waals surface area contributed by atoms with E-state index in [0.29, 0.717) is 39.2 Å². The summed E-state index contributed by atoms with van der Waals surface area (Å²) in [6, 6.07) is 20.2. The SMILES string of the molecule is Cc1cc(=O)[nH]c(-c2cccc(NC(=O)COc3ccc(S(=O)(=O)Nc4ccc(Cl)cc4)cc3)c2)n1. The molecule has 0 aliphatic heterocycles. The molecule has 4 aromatic rings. The summed E-state index contributed by atoms with van der Waals surface area (Å²) in [6.07, 6.45) is 0. The highest BCUT2D eigenvalue weighted by Crippen LogP contribution is 2.21. The molecule has 0 bridgehead atoms. The summed E-state index contributed by atoms with van der Waals surface area (Å²) in [5, 5.41) is 3.22. The van der Waals surface area contributed by atoms with Crippen molar-refractivity contribution in [3.8, 4) is 17.1 Å². The summed E-state index contributed by atoms with van der Waals surface area (Å²) >= 11 is 5.82. The highest BCUT2D eigenvalue weighted by atomic mass is 35.5. The van der Waals surface area contributed by atoms with Crippen LogP contribution in [0.2, 0.25) is 5.02 Å². The van der Waals surface area contributed by atoms with Gasteiger partial charge in [0.1, 0.15) is 11.6 Å². The Labute approximate surface area is 212 Å². The van der Waals surface area contributed by atoms with Crippen molar-refractivity contribution >= 4 is 38.9 Å². The molecule has 0 aliphatic rings. The number of hydrogen-bond donors (Lipinski definition) is 3. The number of benzene rings is 3. The summed E-state index contributed by atoms with van der Waals surface area (Å²) < 4.78 is 33.1. The molecule has 1 aromatic heterocycles. The molecule has 0 aliphatic carbocycles. The number of sulfonamides is 1. The Bertz CT molecular complexity index is 1550. The third kappa shape index (κ3) is 6.49. The third-order valence-corrected chi connectivity index (χ3v) is 6.54. The number of amides is 1. The minimum absolute atomic E-state index is 0.0360. The average molecular weight is 525 g/mol. The second-order valence-electron chi connectivity index (χ2n) is 7.74. The molecular formula is C25H21ClN4O5S. The minimum Gasteiger partial charge on any atom is -0.484 e. The maximum atomic E-state index is 12.6. The largest absolute Gasteiger partial charge is 0.484 e. The molecule has 184 valence electrons. The zero-order valence-electron chi connectivity index (χ0n) is 19.0. The summed E-state index contributed by atoms with van der Waals surface area (Å²) in [7, 11) is -3.80. The molecule has 36 heavy (non-hydrogen) atoms. The molecule has 0 spiro atoms. The molecular weight excluding hydrogens is 504 g/mol. The fourth-order valence-corrected chi connectivity index (χ4v) is 4.44. The van der Waals surface area contributed by atoms with Crippen molar-refractivity contribution in [2.45, 2.75) is 11.8 Å². The topological polar surface area (TPSA) is 130 Å². The van der Waals surface area contributed by atoms with Crippen LogP contribution in [0, 0.1) is 6.92 Å². The number of ether oxygens (including phenoxy) is 1. The van der Waals surface area contributed by atoms with E-state index in [1.807, 2.05) is 0 Å². The molecule has 3 aromatic carbocycles. The molecule has 1 heterocycles. The first-order valence-electron chi connectivity index (χ1n) is 10.7. The predicted molar refractivity (Wildman–Crippen MR) is 138 cm³/mol. The van der Waals surface area contributed by atoms with Crippen LogP contribution in [0.3, 0.4) is 0 Å². The highest BCUT2D eigenvalue weighted by Gasteiger charge is 2.14. The van der Waals surface area contributed by atoms with Crippen LogP contribution >= 0.6 is 11.6 Å².